The lowest BCUT2D eigenvalue weighted by Gasteiger charge is -2.30. The van der Waals surface area contributed by atoms with Gasteiger partial charge in [0.15, 0.2) is 11.5 Å². The third kappa shape index (κ3) is 3.36. The van der Waals surface area contributed by atoms with E-state index in [2.05, 4.69) is 33.7 Å². The second-order valence-electron chi connectivity index (χ2n) is 6.59. The summed E-state index contributed by atoms with van der Waals surface area (Å²) in [6.45, 7) is 6.33. The van der Waals surface area contributed by atoms with Crippen LogP contribution >= 0.6 is 11.3 Å². The van der Waals surface area contributed by atoms with Crippen LogP contribution in [0.3, 0.4) is 0 Å². The highest BCUT2D eigenvalue weighted by atomic mass is 32.1. The number of amides is 1. The number of nitrogens with zero attached hydrogens (tertiary/aromatic N) is 2. The fourth-order valence-electron chi connectivity index (χ4n) is 3.53. The molecule has 0 saturated carbocycles. The molecule has 1 aliphatic heterocycles. The molecule has 4 rings (SSSR count). The van der Waals surface area contributed by atoms with Crippen molar-refractivity contribution >= 4 is 17.2 Å². The molecule has 1 amide bonds. The summed E-state index contributed by atoms with van der Waals surface area (Å²) in [7, 11) is 0. The minimum absolute atomic E-state index is 0.109. The molecule has 0 aromatic carbocycles. The second kappa shape index (κ2) is 7.27. The Balaban J connectivity index is 1.46. The first kappa shape index (κ1) is 16.8. The van der Waals surface area contributed by atoms with E-state index in [0.29, 0.717) is 5.69 Å². The average Bonchev–Trinajstić information content (AvgIpc) is 3.27. The van der Waals surface area contributed by atoms with E-state index in [-0.39, 0.29) is 11.9 Å². The van der Waals surface area contributed by atoms with Crippen LogP contribution in [0.4, 0.5) is 0 Å². The number of nitrogens with one attached hydrogen (secondary N) is 1. The Labute approximate surface area is 151 Å². The number of thiophene rings is 1. The molecule has 1 saturated heterocycles. The van der Waals surface area contributed by atoms with E-state index in [1.807, 2.05) is 0 Å². The van der Waals surface area contributed by atoms with Crippen molar-refractivity contribution < 1.29 is 14.1 Å². The molecule has 1 atom stereocenters. The molecular formula is C18H23N3O3S. The van der Waals surface area contributed by atoms with Crippen LogP contribution in [0.5, 0.6) is 0 Å². The first-order chi connectivity index (χ1) is 12.3. The van der Waals surface area contributed by atoms with Crippen molar-refractivity contribution in [1.82, 2.24) is 15.4 Å². The number of fused-ring (bicyclic) bond motifs is 3. The zero-order valence-corrected chi connectivity index (χ0v) is 15.2. The smallest absolute Gasteiger partial charge is 0.274 e. The van der Waals surface area contributed by atoms with Gasteiger partial charge in [0, 0.05) is 41.7 Å². The number of hydrogen-bond donors (Lipinski definition) is 1. The SMILES string of the molecule is CC[C@H](CN1CCOCC1)NC(=O)c1noc2c1CCc1sccc1-2. The lowest BCUT2D eigenvalue weighted by Crippen LogP contribution is -2.47. The van der Waals surface area contributed by atoms with Crippen molar-refractivity contribution in [2.24, 2.45) is 0 Å². The van der Waals surface area contributed by atoms with E-state index >= 15 is 0 Å². The van der Waals surface area contributed by atoms with Gasteiger partial charge in [0.1, 0.15) is 0 Å². The molecule has 3 heterocycles. The Bertz CT molecular complexity index is 749. The summed E-state index contributed by atoms with van der Waals surface area (Å²) in [5.74, 6) is 0.651. The molecule has 0 unspecified atom stereocenters. The van der Waals surface area contributed by atoms with Crippen molar-refractivity contribution in [2.45, 2.75) is 32.2 Å². The highest BCUT2D eigenvalue weighted by Gasteiger charge is 2.29. The Morgan fingerprint density at radius 3 is 3.04 bits per heavy atom. The summed E-state index contributed by atoms with van der Waals surface area (Å²) in [5.41, 5.74) is 2.50. The third-order valence-electron chi connectivity index (χ3n) is 5.01. The summed E-state index contributed by atoms with van der Waals surface area (Å²) >= 11 is 1.74. The number of hydrogen-bond acceptors (Lipinski definition) is 6. The predicted octanol–water partition coefficient (Wildman–Crippen LogP) is 2.34. The van der Waals surface area contributed by atoms with Crippen LogP contribution < -0.4 is 5.32 Å². The molecule has 25 heavy (non-hydrogen) atoms. The van der Waals surface area contributed by atoms with Gasteiger partial charge in [-0.25, -0.2) is 0 Å². The van der Waals surface area contributed by atoms with Crippen molar-refractivity contribution in [3.8, 4) is 11.3 Å². The van der Waals surface area contributed by atoms with Crippen LogP contribution in [-0.2, 0) is 17.6 Å². The van der Waals surface area contributed by atoms with Crippen LogP contribution in [0.25, 0.3) is 11.3 Å². The molecule has 0 bridgehead atoms. The molecule has 134 valence electrons. The number of morpholine rings is 1. The van der Waals surface area contributed by atoms with E-state index in [0.717, 1.165) is 69.0 Å². The van der Waals surface area contributed by atoms with Crippen molar-refractivity contribution in [3.05, 3.63) is 27.6 Å². The summed E-state index contributed by atoms with van der Waals surface area (Å²) in [4.78, 5) is 16.4. The average molecular weight is 361 g/mol. The van der Waals surface area contributed by atoms with Crippen LogP contribution in [0.1, 0.15) is 34.3 Å². The van der Waals surface area contributed by atoms with Crippen molar-refractivity contribution in [1.29, 1.82) is 0 Å². The van der Waals surface area contributed by atoms with E-state index in [4.69, 9.17) is 9.26 Å². The van der Waals surface area contributed by atoms with Gasteiger partial charge >= 0.3 is 0 Å². The number of ether oxygens (including phenoxy) is 1. The van der Waals surface area contributed by atoms with Gasteiger partial charge < -0.3 is 14.6 Å². The fourth-order valence-corrected chi connectivity index (χ4v) is 4.41. The third-order valence-corrected chi connectivity index (χ3v) is 5.99. The number of aryl methyl sites for hydroxylation is 1. The quantitative estimate of drug-likeness (QED) is 0.885. The maximum Gasteiger partial charge on any atom is 0.274 e. The van der Waals surface area contributed by atoms with Gasteiger partial charge in [0.2, 0.25) is 0 Å². The van der Waals surface area contributed by atoms with Gasteiger partial charge in [-0.3, -0.25) is 9.69 Å². The molecule has 2 aromatic heterocycles. The maximum atomic E-state index is 12.8. The lowest BCUT2D eigenvalue weighted by atomic mass is 9.95. The van der Waals surface area contributed by atoms with Gasteiger partial charge in [0.05, 0.1) is 13.2 Å². The molecule has 1 N–H and O–H groups in total. The molecule has 0 radical (unpaired) electrons. The van der Waals surface area contributed by atoms with E-state index in [9.17, 15) is 4.79 Å². The fraction of sp³-hybridized carbons (Fsp3) is 0.556. The number of aromatic nitrogens is 1. The minimum atomic E-state index is -0.121. The molecule has 1 fully saturated rings. The van der Waals surface area contributed by atoms with Crippen molar-refractivity contribution in [3.63, 3.8) is 0 Å². The van der Waals surface area contributed by atoms with Crippen LogP contribution in [0, 0.1) is 0 Å². The minimum Gasteiger partial charge on any atom is -0.379 e. The van der Waals surface area contributed by atoms with Crippen molar-refractivity contribution in [2.75, 3.05) is 32.8 Å². The first-order valence-electron chi connectivity index (χ1n) is 8.92. The van der Waals surface area contributed by atoms with Gasteiger partial charge in [-0.2, -0.15) is 0 Å². The van der Waals surface area contributed by atoms with Crippen LogP contribution in [0.15, 0.2) is 16.0 Å². The highest BCUT2D eigenvalue weighted by Crippen LogP contribution is 2.38. The Morgan fingerprint density at radius 2 is 2.24 bits per heavy atom. The van der Waals surface area contributed by atoms with E-state index in [1.54, 1.807) is 11.3 Å². The Hall–Kier alpha value is -1.70. The lowest BCUT2D eigenvalue weighted by molar-refractivity contribution is 0.0331. The molecule has 2 aromatic rings. The first-order valence-corrected chi connectivity index (χ1v) is 9.80. The topological polar surface area (TPSA) is 67.6 Å². The van der Waals surface area contributed by atoms with Crippen LogP contribution in [-0.4, -0.2) is 54.9 Å². The van der Waals surface area contributed by atoms with Gasteiger partial charge in [-0.15, -0.1) is 11.3 Å². The van der Waals surface area contributed by atoms with E-state index < -0.39 is 0 Å². The number of carbonyl (C=O) groups is 1. The Morgan fingerprint density at radius 1 is 1.40 bits per heavy atom. The standard InChI is InChI=1S/C18H23N3O3S/c1-2-12(11-21-6-8-23-9-7-21)19-18(22)16-14-3-4-15-13(5-10-25-15)17(14)24-20-16/h5,10,12H,2-4,6-9,11H2,1H3,(H,19,22)/t12-/m1/s1. The predicted molar refractivity (Wildman–Crippen MR) is 96.0 cm³/mol. The Kier molecular flexibility index (Phi) is 4.87. The molecule has 1 aliphatic carbocycles. The molecule has 6 nitrogen and oxygen atoms in total. The summed E-state index contributed by atoms with van der Waals surface area (Å²) < 4.78 is 10.9. The highest BCUT2D eigenvalue weighted by molar-refractivity contribution is 7.10. The molecule has 2 aliphatic rings. The number of carbonyl (C=O) groups excluding carboxylic acids is 1. The molecular weight excluding hydrogens is 338 g/mol. The second-order valence-corrected chi connectivity index (χ2v) is 7.59. The molecule has 0 spiro atoms. The zero-order valence-electron chi connectivity index (χ0n) is 14.4. The largest absolute Gasteiger partial charge is 0.379 e. The maximum absolute atomic E-state index is 12.8. The van der Waals surface area contributed by atoms with Crippen LogP contribution in [0.2, 0.25) is 0 Å². The summed E-state index contributed by atoms with van der Waals surface area (Å²) in [5, 5.41) is 9.30. The monoisotopic (exact) mass is 361 g/mol. The number of rotatable bonds is 5. The van der Waals surface area contributed by atoms with Gasteiger partial charge in [-0.05, 0) is 30.7 Å². The zero-order chi connectivity index (χ0) is 17.2. The summed E-state index contributed by atoms with van der Waals surface area (Å²) in [6.07, 6.45) is 2.65. The molecule has 7 heteroatoms. The van der Waals surface area contributed by atoms with Gasteiger partial charge in [-0.1, -0.05) is 12.1 Å². The van der Waals surface area contributed by atoms with E-state index in [1.165, 1.54) is 4.88 Å². The van der Waals surface area contributed by atoms with Gasteiger partial charge in [0.25, 0.3) is 5.91 Å². The normalized spacial score (nSPS) is 18.4. The summed E-state index contributed by atoms with van der Waals surface area (Å²) in [6, 6.07) is 2.16.